The Bertz CT molecular complexity index is 915. The molecule has 6 aliphatic carbocycles. The molecule has 8 fully saturated rings. The van der Waals surface area contributed by atoms with Gasteiger partial charge >= 0.3 is 0 Å². The Labute approximate surface area is 249 Å². The summed E-state index contributed by atoms with van der Waals surface area (Å²) < 4.78 is 2.09. The Morgan fingerprint density at radius 1 is 0.553 bits per heavy atom. The van der Waals surface area contributed by atoms with Crippen molar-refractivity contribution in [2.75, 3.05) is 52.4 Å². The summed E-state index contributed by atoms with van der Waals surface area (Å²) >= 11 is 11.9. The molecule has 0 bridgehead atoms. The van der Waals surface area contributed by atoms with Gasteiger partial charge < -0.3 is 9.80 Å². The molecule has 38 heavy (non-hydrogen) atoms. The number of nitrogens with zero attached hydrogens (tertiary/aromatic N) is 4. The average Bonchev–Trinajstić information content (AvgIpc) is 2.86. The van der Waals surface area contributed by atoms with Gasteiger partial charge in [-0.2, -0.15) is 0 Å². The van der Waals surface area contributed by atoms with E-state index in [1.54, 1.807) is 21.6 Å². The van der Waals surface area contributed by atoms with Crippen LogP contribution in [0.1, 0.15) is 65.2 Å². The molecule has 0 radical (unpaired) electrons. The van der Waals surface area contributed by atoms with Gasteiger partial charge in [-0.3, -0.25) is 9.80 Å². The SMILES string of the molecule is CC1CC2CC3CC(N4CCN(C(=S)SSC(=S)N5CCN(C67CC(C)CC8CC(C6)C87)CC5)CC4)(C1)C23. The van der Waals surface area contributed by atoms with E-state index in [0.29, 0.717) is 11.1 Å². The molecule has 2 aliphatic heterocycles. The van der Waals surface area contributed by atoms with Crippen molar-refractivity contribution in [3.05, 3.63) is 0 Å². The number of hydrogen-bond donors (Lipinski definition) is 0. The van der Waals surface area contributed by atoms with Crippen LogP contribution >= 0.6 is 46.0 Å². The largest absolute Gasteiger partial charge is 0.354 e. The van der Waals surface area contributed by atoms with Crippen LogP contribution in [-0.2, 0) is 0 Å². The molecule has 2 heterocycles. The zero-order valence-corrected chi connectivity index (χ0v) is 26.6. The minimum absolute atomic E-state index is 0.555. The first-order valence-electron chi connectivity index (χ1n) is 15.8. The third kappa shape index (κ3) is 3.81. The molecule has 210 valence electrons. The number of thiocarbonyl (C=S) groups is 2. The highest BCUT2D eigenvalue weighted by molar-refractivity contribution is 8.89. The lowest BCUT2D eigenvalue weighted by Gasteiger charge is -2.73. The fraction of sp³-hybridized carbons (Fsp3) is 0.933. The van der Waals surface area contributed by atoms with Crippen molar-refractivity contribution in [3.8, 4) is 0 Å². The van der Waals surface area contributed by atoms with E-state index in [1.807, 2.05) is 0 Å². The summed E-state index contributed by atoms with van der Waals surface area (Å²) in [6.07, 6.45) is 11.9. The van der Waals surface area contributed by atoms with Gasteiger partial charge in [0.25, 0.3) is 0 Å². The van der Waals surface area contributed by atoms with Gasteiger partial charge in [-0.1, -0.05) is 38.3 Å². The lowest BCUT2D eigenvalue weighted by molar-refractivity contribution is -0.224. The molecule has 0 aromatic heterocycles. The molecule has 6 saturated carbocycles. The van der Waals surface area contributed by atoms with Crippen LogP contribution in [0, 0.1) is 47.3 Å². The first-order valence-corrected chi connectivity index (χ1v) is 18.8. The summed E-state index contributed by atoms with van der Waals surface area (Å²) in [5, 5.41) is 0. The summed E-state index contributed by atoms with van der Waals surface area (Å²) in [4.78, 5) is 10.7. The molecule has 0 spiro atoms. The molecule has 8 heteroatoms. The van der Waals surface area contributed by atoms with Gasteiger partial charge in [-0.15, -0.1) is 0 Å². The molecule has 8 rings (SSSR count). The highest BCUT2D eigenvalue weighted by Gasteiger charge is 2.68. The van der Waals surface area contributed by atoms with Crippen LogP contribution in [0.3, 0.4) is 0 Å². The van der Waals surface area contributed by atoms with Crippen LogP contribution in [0.15, 0.2) is 0 Å². The predicted molar refractivity (Wildman–Crippen MR) is 168 cm³/mol. The second-order valence-electron chi connectivity index (χ2n) is 14.9. The van der Waals surface area contributed by atoms with E-state index in [2.05, 4.69) is 33.4 Å². The van der Waals surface area contributed by atoms with Gasteiger partial charge in [0.15, 0.2) is 0 Å². The van der Waals surface area contributed by atoms with Crippen LogP contribution in [0.2, 0.25) is 0 Å². The second kappa shape index (κ2) is 9.45. The Morgan fingerprint density at radius 3 is 1.32 bits per heavy atom. The fourth-order valence-corrected chi connectivity index (χ4v) is 14.6. The van der Waals surface area contributed by atoms with Crippen LogP contribution in [0.5, 0.6) is 0 Å². The van der Waals surface area contributed by atoms with E-state index < -0.39 is 0 Å². The molecule has 0 aromatic carbocycles. The van der Waals surface area contributed by atoms with Crippen molar-refractivity contribution >= 4 is 54.7 Å². The third-order valence-electron chi connectivity index (χ3n) is 13.0. The maximum Gasteiger partial charge on any atom is 0.147 e. The summed E-state index contributed by atoms with van der Waals surface area (Å²) in [7, 11) is 3.50. The van der Waals surface area contributed by atoms with Crippen LogP contribution in [0.25, 0.3) is 0 Å². The molecular weight excluding hydrogens is 545 g/mol. The first kappa shape index (κ1) is 26.1. The monoisotopic (exact) mass is 590 g/mol. The summed E-state index contributed by atoms with van der Waals surface area (Å²) in [5.74, 6) is 8.09. The van der Waals surface area contributed by atoms with Gasteiger partial charge in [-0.05, 0) is 120 Å². The highest BCUT2D eigenvalue weighted by atomic mass is 33.1. The van der Waals surface area contributed by atoms with Crippen molar-refractivity contribution < 1.29 is 0 Å². The maximum absolute atomic E-state index is 5.93. The van der Waals surface area contributed by atoms with E-state index in [9.17, 15) is 0 Å². The molecule has 4 nitrogen and oxygen atoms in total. The molecule has 0 N–H and O–H groups in total. The summed E-state index contributed by atoms with van der Waals surface area (Å²) in [5.41, 5.74) is 1.11. The van der Waals surface area contributed by atoms with Crippen molar-refractivity contribution in [1.29, 1.82) is 0 Å². The normalized spacial score (nSPS) is 49.5. The van der Waals surface area contributed by atoms with Gasteiger partial charge in [0.2, 0.25) is 0 Å². The predicted octanol–water partition coefficient (Wildman–Crippen LogP) is 5.82. The van der Waals surface area contributed by atoms with Crippen LogP contribution < -0.4 is 0 Å². The van der Waals surface area contributed by atoms with Gasteiger partial charge in [0.1, 0.15) is 8.64 Å². The quantitative estimate of drug-likeness (QED) is 0.291. The Balaban J connectivity index is 0.796. The van der Waals surface area contributed by atoms with Crippen molar-refractivity contribution in [3.63, 3.8) is 0 Å². The van der Waals surface area contributed by atoms with Crippen LogP contribution in [0.4, 0.5) is 0 Å². The number of hydrogen-bond acceptors (Lipinski definition) is 6. The fourth-order valence-electron chi connectivity index (χ4n) is 11.9. The molecule has 0 aromatic rings. The van der Waals surface area contributed by atoms with E-state index in [4.69, 9.17) is 24.4 Å². The summed E-state index contributed by atoms with van der Waals surface area (Å²) in [6, 6.07) is 0. The van der Waals surface area contributed by atoms with E-state index >= 15 is 0 Å². The Kier molecular flexibility index (Phi) is 6.48. The topological polar surface area (TPSA) is 13.0 Å². The first-order chi connectivity index (χ1) is 18.4. The second-order valence-corrected chi connectivity index (χ2v) is 18.3. The van der Waals surface area contributed by atoms with E-state index in [0.717, 1.165) is 82.2 Å². The minimum atomic E-state index is 0.555. The minimum Gasteiger partial charge on any atom is -0.354 e. The molecular formula is C30H46N4S4. The zero-order valence-electron chi connectivity index (χ0n) is 23.4. The molecule has 2 saturated heterocycles. The number of rotatable bonds is 2. The van der Waals surface area contributed by atoms with E-state index in [1.165, 1.54) is 77.5 Å². The Hall–Kier alpha value is 0.400. The smallest absolute Gasteiger partial charge is 0.147 e. The van der Waals surface area contributed by atoms with Crippen LogP contribution in [-0.4, -0.2) is 91.7 Å². The van der Waals surface area contributed by atoms with Gasteiger partial charge in [0.05, 0.1) is 0 Å². The van der Waals surface area contributed by atoms with Crippen molar-refractivity contribution in [1.82, 2.24) is 19.6 Å². The van der Waals surface area contributed by atoms with Crippen molar-refractivity contribution in [2.45, 2.75) is 76.3 Å². The third-order valence-corrected chi connectivity index (χ3v) is 16.8. The lowest BCUT2D eigenvalue weighted by Crippen LogP contribution is -2.75. The summed E-state index contributed by atoms with van der Waals surface area (Å²) in [6.45, 7) is 14.2. The lowest BCUT2D eigenvalue weighted by atomic mass is 9.38. The molecule has 10 atom stereocenters. The highest BCUT2D eigenvalue weighted by Crippen LogP contribution is 2.69. The molecule has 8 aliphatic rings. The standard InChI is InChI=1S/C30H46N4S4/c1-19-11-21-13-23-17-29(15-19,25(21)23)33-7-3-31(4-8-33)27(35)37-38-28(36)32-5-9-34(10-6-32)30-16-20(2)12-22-14-24(18-30)26(22)30/h19-26H,3-18H2,1-2H3. The van der Waals surface area contributed by atoms with Crippen molar-refractivity contribution in [2.24, 2.45) is 47.3 Å². The Morgan fingerprint density at radius 2 is 0.947 bits per heavy atom. The van der Waals surface area contributed by atoms with Gasteiger partial charge in [-0.25, -0.2) is 0 Å². The number of piperazine rings is 2. The molecule has 10 unspecified atom stereocenters. The maximum atomic E-state index is 5.93. The van der Waals surface area contributed by atoms with E-state index in [-0.39, 0.29) is 0 Å². The average molecular weight is 591 g/mol. The molecule has 0 amide bonds. The zero-order chi connectivity index (χ0) is 25.8. The van der Waals surface area contributed by atoms with Gasteiger partial charge in [0, 0.05) is 63.4 Å².